The van der Waals surface area contributed by atoms with Crippen molar-refractivity contribution in [2.45, 2.75) is 25.4 Å². The number of hydrogen-bond acceptors (Lipinski definition) is 5. The van der Waals surface area contributed by atoms with E-state index in [0.29, 0.717) is 56.6 Å². The quantitative estimate of drug-likeness (QED) is 0.769. The lowest BCUT2D eigenvalue weighted by Crippen LogP contribution is -2.50. The Kier molecular flexibility index (Phi) is 4.97. The standard InChI is InChI=1S/C19H23FN6O2/c20-14-3-1-12(9-14)19(28)26-7-5-25(6-8-26)16-11-23-18-17(24-16)13(10-22-18)2-4-15(21)27/h2,4,10-12,14H,1,3,5-9H2,(H2,21,27)(H,22,23)/b4-2+/t12-,14+/m1/s1. The van der Waals surface area contributed by atoms with E-state index in [9.17, 15) is 14.0 Å². The number of aromatic nitrogens is 3. The Balaban J connectivity index is 1.44. The number of piperazine rings is 1. The molecular formula is C19H23FN6O2. The third kappa shape index (κ3) is 3.69. The molecule has 0 radical (unpaired) electrons. The van der Waals surface area contributed by atoms with Crippen molar-refractivity contribution >= 4 is 34.9 Å². The number of carbonyl (C=O) groups excluding carboxylic acids is 2. The zero-order chi connectivity index (χ0) is 19.7. The number of H-pyrrole nitrogens is 1. The van der Waals surface area contributed by atoms with Crippen LogP contribution in [0.4, 0.5) is 10.2 Å². The van der Waals surface area contributed by atoms with Crippen molar-refractivity contribution in [2.75, 3.05) is 31.1 Å². The number of alkyl halides is 1. The van der Waals surface area contributed by atoms with E-state index < -0.39 is 12.1 Å². The van der Waals surface area contributed by atoms with E-state index in [2.05, 4.69) is 19.9 Å². The van der Waals surface area contributed by atoms with Gasteiger partial charge in [-0.25, -0.2) is 14.4 Å². The van der Waals surface area contributed by atoms with Crippen molar-refractivity contribution in [3.63, 3.8) is 0 Å². The van der Waals surface area contributed by atoms with Gasteiger partial charge >= 0.3 is 0 Å². The van der Waals surface area contributed by atoms with Crippen LogP contribution in [-0.4, -0.2) is 64.0 Å². The van der Waals surface area contributed by atoms with Crippen LogP contribution < -0.4 is 10.6 Å². The number of anilines is 1. The highest BCUT2D eigenvalue weighted by Crippen LogP contribution is 2.30. The maximum atomic E-state index is 13.4. The average molecular weight is 386 g/mol. The molecule has 1 saturated heterocycles. The molecule has 0 unspecified atom stereocenters. The first-order valence-electron chi connectivity index (χ1n) is 9.50. The zero-order valence-corrected chi connectivity index (χ0v) is 15.5. The molecule has 3 heterocycles. The highest BCUT2D eigenvalue weighted by atomic mass is 19.1. The molecule has 0 aromatic carbocycles. The van der Waals surface area contributed by atoms with E-state index in [1.807, 2.05) is 4.90 Å². The fraction of sp³-hybridized carbons (Fsp3) is 0.474. The number of nitrogens with two attached hydrogens (primary N) is 1. The number of amides is 2. The maximum absolute atomic E-state index is 13.4. The topological polar surface area (TPSA) is 108 Å². The molecule has 2 amide bonds. The van der Waals surface area contributed by atoms with Gasteiger partial charge in [-0.05, 0) is 25.3 Å². The second kappa shape index (κ2) is 7.57. The number of nitrogens with zero attached hydrogens (tertiary/aromatic N) is 4. The summed E-state index contributed by atoms with van der Waals surface area (Å²) in [6.45, 7) is 2.48. The number of aromatic amines is 1. The summed E-state index contributed by atoms with van der Waals surface area (Å²) in [5.74, 6) is 0.0983. The minimum Gasteiger partial charge on any atom is -0.366 e. The summed E-state index contributed by atoms with van der Waals surface area (Å²) >= 11 is 0. The summed E-state index contributed by atoms with van der Waals surface area (Å²) in [6, 6.07) is 0. The highest BCUT2D eigenvalue weighted by Gasteiger charge is 2.34. The first-order chi connectivity index (χ1) is 13.5. The summed E-state index contributed by atoms with van der Waals surface area (Å²) in [4.78, 5) is 39.5. The fourth-order valence-corrected chi connectivity index (χ4v) is 3.92. The van der Waals surface area contributed by atoms with E-state index in [4.69, 9.17) is 5.73 Å². The Morgan fingerprint density at radius 2 is 2.04 bits per heavy atom. The zero-order valence-electron chi connectivity index (χ0n) is 15.5. The number of carbonyl (C=O) groups is 2. The number of fused-ring (bicyclic) bond motifs is 1. The molecule has 2 aromatic heterocycles. The first-order valence-corrected chi connectivity index (χ1v) is 9.50. The van der Waals surface area contributed by atoms with Crippen LogP contribution in [0.25, 0.3) is 17.2 Å². The third-order valence-corrected chi connectivity index (χ3v) is 5.46. The van der Waals surface area contributed by atoms with Gasteiger partial charge < -0.3 is 20.5 Å². The summed E-state index contributed by atoms with van der Waals surface area (Å²) in [5, 5.41) is 0. The predicted octanol–water partition coefficient (Wildman–Crippen LogP) is 1.24. The van der Waals surface area contributed by atoms with E-state index in [1.165, 1.54) is 6.08 Å². The van der Waals surface area contributed by atoms with Gasteiger partial charge in [-0.15, -0.1) is 0 Å². The molecule has 1 aliphatic carbocycles. The van der Waals surface area contributed by atoms with Gasteiger partial charge in [0, 0.05) is 49.9 Å². The van der Waals surface area contributed by atoms with Gasteiger partial charge in [0.1, 0.15) is 17.5 Å². The van der Waals surface area contributed by atoms with Gasteiger partial charge in [0.15, 0.2) is 5.65 Å². The second-order valence-electron chi connectivity index (χ2n) is 7.32. The summed E-state index contributed by atoms with van der Waals surface area (Å²) < 4.78 is 13.4. The van der Waals surface area contributed by atoms with Crippen molar-refractivity contribution < 1.29 is 14.0 Å². The van der Waals surface area contributed by atoms with E-state index in [1.54, 1.807) is 18.5 Å². The second-order valence-corrected chi connectivity index (χ2v) is 7.32. The van der Waals surface area contributed by atoms with Crippen LogP contribution in [0, 0.1) is 5.92 Å². The predicted molar refractivity (Wildman–Crippen MR) is 103 cm³/mol. The molecule has 28 heavy (non-hydrogen) atoms. The molecule has 2 aliphatic rings. The first kappa shape index (κ1) is 18.4. The monoisotopic (exact) mass is 386 g/mol. The van der Waals surface area contributed by atoms with E-state index in [-0.39, 0.29) is 11.8 Å². The molecule has 9 heteroatoms. The molecule has 8 nitrogen and oxygen atoms in total. The molecule has 0 bridgehead atoms. The van der Waals surface area contributed by atoms with Crippen molar-refractivity contribution in [3.05, 3.63) is 24.0 Å². The molecule has 148 valence electrons. The van der Waals surface area contributed by atoms with Crippen molar-refractivity contribution in [3.8, 4) is 0 Å². The third-order valence-electron chi connectivity index (χ3n) is 5.46. The molecule has 2 fully saturated rings. The number of rotatable bonds is 4. The Morgan fingerprint density at radius 3 is 2.71 bits per heavy atom. The summed E-state index contributed by atoms with van der Waals surface area (Å²) in [6.07, 6.45) is 6.98. The van der Waals surface area contributed by atoms with Gasteiger partial charge in [-0.3, -0.25) is 9.59 Å². The van der Waals surface area contributed by atoms with Gasteiger partial charge in [-0.2, -0.15) is 0 Å². The normalized spacial score (nSPS) is 23.0. The Bertz CT molecular complexity index is 918. The van der Waals surface area contributed by atoms with Crippen molar-refractivity contribution in [1.29, 1.82) is 0 Å². The largest absolute Gasteiger partial charge is 0.366 e. The maximum Gasteiger partial charge on any atom is 0.241 e. The smallest absolute Gasteiger partial charge is 0.241 e. The van der Waals surface area contributed by atoms with Gasteiger partial charge in [0.05, 0.1) is 6.20 Å². The van der Waals surface area contributed by atoms with Crippen LogP contribution >= 0.6 is 0 Å². The Labute approximate surface area is 161 Å². The summed E-state index contributed by atoms with van der Waals surface area (Å²) in [5.41, 5.74) is 7.18. The Morgan fingerprint density at radius 1 is 1.25 bits per heavy atom. The molecule has 2 aromatic rings. The lowest BCUT2D eigenvalue weighted by molar-refractivity contribution is -0.135. The Hall–Kier alpha value is -2.97. The van der Waals surface area contributed by atoms with Gasteiger partial charge in [0.2, 0.25) is 11.8 Å². The lowest BCUT2D eigenvalue weighted by atomic mass is 10.1. The SMILES string of the molecule is NC(=O)/C=C/c1c[nH]c2ncc(N3CCN(C(=O)[C@@H]4CC[C@H](F)C4)CC3)nc12. The number of halogens is 1. The molecule has 0 spiro atoms. The van der Waals surface area contributed by atoms with Crippen LogP contribution in [0.5, 0.6) is 0 Å². The molecule has 2 atom stereocenters. The minimum atomic E-state index is -0.837. The molecule has 4 rings (SSSR count). The van der Waals surface area contributed by atoms with Crippen molar-refractivity contribution in [1.82, 2.24) is 19.9 Å². The summed E-state index contributed by atoms with van der Waals surface area (Å²) in [7, 11) is 0. The number of hydrogen-bond donors (Lipinski definition) is 2. The van der Waals surface area contributed by atoms with Crippen LogP contribution in [0.15, 0.2) is 18.5 Å². The average Bonchev–Trinajstić information content (AvgIpc) is 3.31. The van der Waals surface area contributed by atoms with E-state index >= 15 is 0 Å². The van der Waals surface area contributed by atoms with E-state index in [0.717, 1.165) is 11.4 Å². The van der Waals surface area contributed by atoms with Gasteiger partial charge in [-0.1, -0.05) is 0 Å². The molecule has 1 saturated carbocycles. The molecule has 1 aliphatic heterocycles. The number of primary amides is 1. The van der Waals surface area contributed by atoms with Crippen LogP contribution in [0.3, 0.4) is 0 Å². The van der Waals surface area contributed by atoms with Gasteiger partial charge in [0.25, 0.3) is 0 Å². The molecule has 3 N–H and O–H groups in total. The minimum absolute atomic E-state index is 0.0749. The van der Waals surface area contributed by atoms with Crippen molar-refractivity contribution in [2.24, 2.45) is 11.7 Å². The lowest BCUT2D eigenvalue weighted by Gasteiger charge is -2.36. The van der Waals surface area contributed by atoms with Crippen LogP contribution in [-0.2, 0) is 9.59 Å². The number of nitrogens with one attached hydrogen (secondary N) is 1. The fourth-order valence-electron chi connectivity index (χ4n) is 3.92. The molecular weight excluding hydrogens is 363 g/mol. The highest BCUT2D eigenvalue weighted by molar-refractivity contribution is 5.93. The van der Waals surface area contributed by atoms with Crippen LogP contribution in [0.2, 0.25) is 0 Å². The van der Waals surface area contributed by atoms with Crippen LogP contribution in [0.1, 0.15) is 24.8 Å².